The van der Waals surface area contributed by atoms with Gasteiger partial charge in [-0.25, -0.2) is 8.42 Å². The molecule has 0 spiro atoms. The lowest BCUT2D eigenvalue weighted by Gasteiger charge is -2.22. The fourth-order valence-electron chi connectivity index (χ4n) is 3.49. The maximum atomic E-state index is 13.3. The number of hydrogen-bond donors (Lipinski definition) is 1. The van der Waals surface area contributed by atoms with E-state index < -0.39 is 10.0 Å². The molecule has 0 atom stereocenters. The minimum Gasteiger partial charge on any atom is -0.451 e. The molecular weight excluding hydrogens is 492 g/mol. The molecule has 0 unspecified atom stereocenters. The van der Waals surface area contributed by atoms with Crippen molar-refractivity contribution in [3.05, 3.63) is 58.3 Å². The van der Waals surface area contributed by atoms with Crippen LogP contribution >= 0.6 is 15.9 Å². The van der Waals surface area contributed by atoms with Crippen LogP contribution in [-0.2, 0) is 10.0 Å². The number of amides is 1. The number of hydrogen-bond acceptors (Lipinski definition) is 4. The minimum absolute atomic E-state index is 0.166. The van der Waals surface area contributed by atoms with E-state index in [2.05, 4.69) is 21.2 Å². The lowest BCUT2D eigenvalue weighted by atomic mass is 10.1. The Hall–Kier alpha value is -2.16. The number of carbonyl (C=O) groups is 1. The molecule has 0 aliphatic carbocycles. The molecule has 0 aliphatic heterocycles. The van der Waals surface area contributed by atoms with Crippen LogP contribution in [0.2, 0.25) is 0 Å². The zero-order valence-corrected chi connectivity index (χ0v) is 21.1. The van der Waals surface area contributed by atoms with Crippen LogP contribution in [0.1, 0.15) is 55.6 Å². The second-order valence-electron chi connectivity index (χ2n) is 7.76. The van der Waals surface area contributed by atoms with Crippen molar-refractivity contribution in [1.82, 2.24) is 4.31 Å². The van der Waals surface area contributed by atoms with Gasteiger partial charge in [0.15, 0.2) is 5.76 Å². The molecule has 0 radical (unpaired) electrons. The molecule has 1 heterocycles. The molecule has 1 N–H and O–H groups in total. The molecule has 2 aromatic carbocycles. The fraction of sp³-hybridized carbons (Fsp3) is 0.375. The maximum absolute atomic E-state index is 13.3. The smallest absolute Gasteiger partial charge is 0.291 e. The topological polar surface area (TPSA) is 79.6 Å². The maximum Gasteiger partial charge on any atom is 0.291 e. The van der Waals surface area contributed by atoms with E-state index in [0.29, 0.717) is 35.3 Å². The van der Waals surface area contributed by atoms with Crippen molar-refractivity contribution in [2.24, 2.45) is 0 Å². The van der Waals surface area contributed by atoms with E-state index in [1.807, 2.05) is 32.0 Å². The Labute approximate surface area is 198 Å². The van der Waals surface area contributed by atoms with Crippen LogP contribution in [0.4, 0.5) is 5.69 Å². The van der Waals surface area contributed by atoms with Crippen LogP contribution in [-0.4, -0.2) is 31.7 Å². The zero-order chi connectivity index (χ0) is 23.3. The van der Waals surface area contributed by atoms with Crippen LogP contribution in [0, 0.1) is 6.92 Å². The predicted molar refractivity (Wildman–Crippen MR) is 132 cm³/mol. The molecule has 6 nitrogen and oxygen atoms in total. The van der Waals surface area contributed by atoms with Crippen LogP contribution < -0.4 is 5.32 Å². The van der Waals surface area contributed by atoms with Crippen molar-refractivity contribution in [1.29, 1.82) is 0 Å². The molecule has 0 fully saturated rings. The Balaban J connectivity index is 1.94. The fourth-order valence-corrected chi connectivity index (χ4v) is 5.42. The number of anilines is 1. The molecule has 3 rings (SSSR count). The van der Waals surface area contributed by atoms with Crippen molar-refractivity contribution in [3.8, 4) is 0 Å². The largest absolute Gasteiger partial charge is 0.451 e. The normalized spacial score (nSPS) is 11.9. The van der Waals surface area contributed by atoms with Gasteiger partial charge >= 0.3 is 0 Å². The molecule has 0 aliphatic rings. The number of aryl methyl sites for hydroxylation is 1. The highest BCUT2D eigenvalue weighted by atomic mass is 79.9. The SMILES string of the molecule is CCCCN(CCCC)S(=O)(=O)c1ccc2oc(C(=O)Nc3ccccc3Br)c(C)c2c1. The molecule has 8 heteroatoms. The van der Waals surface area contributed by atoms with E-state index in [1.54, 1.807) is 35.5 Å². The van der Waals surface area contributed by atoms with Crippen LogP contribution in [0.3, 0.4) is 0 Å². The Morgan fingerprint density at radius 1 is 1.06 bits per heavy atom. The van der Waals surface area contributed by atoms with Gasteiger partial charge in [0.25, 0.3) is 5.91 Å². The molecule has 3 aromatic rings. The summed E-state index contributed by atoms with van der Waals surface area (Å²) in [5, 5.41) is 3.45. The minimum atomic E-state index is -3.63. The van der Waals surface area contributed by atoms with Crippen LogP contribution in [0.5, 0.6) is 0 Å². The molecule has 1 aromatic heterocycles. The number of unbranched alkanes of at least 4 members (excludes halogenated alkanes) is 2. The number of benzene rings is 2. The summed E-state index contributed by atoms with van der Waals surface area (Å²) in [6.45, 7) is 6.86. The molecule has 172 valence electrons. The lowest BCUT2D eigenvalue weighted by Crippen LogP contribution is -2.33. The third kappa shape index (κ3) is 5.24. The number of halogens is 1. The van der Waals surface area contributed by atoms with Gasteiger partial charge in [0.2, 0.25) is 10.0 Å². The average molecular weight is 521 g/mol. The first-order chi connectivity index (χ1) is 15.3. The highest BCUT2D eigenvalue weighted by Crippen LogP contribution is 2.30. The monoisotopic (exact) mass is 520 g/mol. The summed E-state index contributed by atoms with van der Waals surface area (Å²) in [6, 6.07) is 12.1. The van der Waals surface area contributed by atoms with Gasteiger partial charge < -0.3 is 9.73 Å². The van der Waals surface area contributed by atoms with E-state index in [9.17, 15) is 13.2 Å². The van der Waals surface area contributed by atoms with Crippen LogP contribution in [0.15, 0.2) is 56.2 Å². The third-order valence-corrected chi connectivity index (χ3v) is 7.98. The summed E-state index contributed by atoms with van der Waals surface area (Å²) in [5.41, 5.74) is 1.71. The van der Waals surface area contributed by atoms with E-state index >= 15 is 0 Å². The van der Waals surface area contributed by atoms with Crippen molar-refractivity contribution in [3.63, 3.8) is 0 Å². The van der Waals surface area contributed by atoms with Crippen LogP contribution in [0.25, 0.3) is 11.0 Å². The summed E-state index contributed by atoms with van der Waals surface area (Å²) < 4.78 is 34.8. The van der Waals surface area contributed by atoms with Crippen molar-refractivity contribution in [2.75, 3.05) is 18.4 Å². The first-order valence-electron chi connectivity index (χ1n) is 10.9. The first-order valence-corrected chi connectivity index (χ1v) is 13.1. The zero-order valence-electron chi connectivity index (χ0n) is 18.7. The number of fused-ring (bicyclic) bond motifs is 1. The standard InChI is InChI=1S/C24H29BrN2O4S/c1-4-6-14-27(15-7-5-2)32(29,30)18-12-13-22-19(16-18)17(3)23(31-22)24(28)26-21-11-9-8-10-20(21)25/h8-13,16H,4-7,14-15H2,1-3H3,(H,26,28). The van der Waals surface area contributed by atoms with Gasteiger partial charge in [0.1, 0.15) is 5.58 Å². The van der Waals surface area contributed by atoms with Gasteiger partial charge in [0, 0.05) is 28.5 Å². The average Bonchev–Trinajstić information content (AvgIpc) is 3.11. The van der Waals surface area contributed by atoms with Crippen molar-refractivity contribution in [2.45, 2.75) is 51.3 Å². The predicted octanol–water partition coefficient (Wildman–Crippen LogP) is 6.35. The number of nitrogens with one attached hydrogen (secondary N) is 1. The third-order valence-electron chi connectivity index (χ3n) is 5.40. The molecule has 1 amide bonds. The summed E-state index contributed by atoms with van der Waals surface area (Å²) in [4.78, 5) is 13.1. The summed E-state index contributed by atoms with van der Waals surface area (Å²) in [5.74, 6) is -0.221. The highest BCUT2D eigenvalue weighted by Gasteiger charge is 2.26. The van der Waals surface area contributed by atoms with Gasteiger partial charge in [-0.3, -0.25) is 4.79 Å². The number of carbonyl (C=O) groups excluding carboxylic acids is 1. The van der Waals surface area contributed by atoms with E-state index in [-0.39, 0.29) is 16.6 Å². The summed E-state index contributed by atoms with van der Waals surface area (Å²) in [7, 11) is -3.63. The number of furan rings is 1. The quantitative estimate of drug-likeness (QED) is 0.337. The van der Waals surface area contributed by atoms with Crippen molar-refractivity contribution < 1.29 is 17.6 Å². The second kappa shape index (κ2) is 10.6. The van der Waals surface area contributed by atoms with E-state index in [4.69, 9.17) is 4.42 Å². The van der Waals surface area contributed by atoms with Gasteiger partial charge in [0.05, 0.1) is 10.6 Å². The van der Waals surface area contributed by atoms with Gasteiger partial charge in [-0.2, -0.15) is 4.31 Å². The number of rotatable bonds is 10. The molecular formula is C24H29BrN2O4S. The number of sulfonamides is 1. The van der Waals surface area contributed by atoms with Gasteiger partial charge in [-0.05, 0) is 66.0 Å². The first kappa shape index (κ1) is 24.5. The Morgan fingerprint density at radius 2 is 1.72 bits per heavy atom. The second-order valence-corrected chi connectivity index (χ2v) is 10.6. The van der Waals surface area contributed by atoms with Gasteiger partial charge in [-0.1, -0.05) is 38.8 Å². The number of nitrogens with zero attached hydrogens (tertiary/aromatic N) is 1. The Kier molecular flexibility index (Phi) is 8.14. The Bertz CT molecular complexity index is 1200. The molecule has 0 bridgehead atoms. The van der Waals surface area contributed by atoms with E-state index in [1.165, 1.54) is 0 Å². The van der Waals surface area contributed by atoms with E-state index in [0.717, 1.165) is 30.2 Å². The highest BCUT2D eigenvalue weighted by molar-refractivity contribution is 9.10. The summed E-state index contributed by atoms with van der Waals surface area (Å²) in [6.07, 6.45) is 3.48. The molecule has 0 saturated heterocycles. The molecule has 0 saturated carbocycles. The lowest BCUT2D eigenvalue weighted by molar-refractivity contribution is 0.0998. The number of para-hydroxylation sites is 1. The molecule has 32 heavy (non-hydrogen) atoms. The van der Waals surface area contributed by atoms with Gasteiger partial charge in [-0.15, -0.1) is 0 Å². The Morgan fingerprint density at radius 3 is 2.34 bits per heavy atom. The summed E-state index contributed by atoms with van der Waals surface area (Å²) >= 11 is 3.41. The van der Waals surface area contributed by atoms with Crippen molar-refractivity contribution >= 4 is 48.5 Å².